The van der Waals surface area contributed by atoms with Gasteiger partial charge in [-0.3, -0.25) is 0 Å². The summed E-state index contributed by atoms with van der Waals surface area (Å²) in [7, 11) is 0. The van der Waals surface area contributed by atoms with Crippen molar-refractivity contribution >= 4 is 0 Å². The van der Waals surface area contributed by atoms with Crippen molar-refractivity contribution in [3.8, 4) is 18.2 Å². The third-order valence-corrected chi connectivity index (χ3v) is 3.52. The summed E-state index contributed by atoms with van der Waals surface area (Å²) in [4.78, 5) is 0. The second kappa shape index (κ2) is 6.55. The van der Waals surface area contributed by atoms with E-state index in [0.717, 1.165) is 18.4 Å². The molecule has 3 rings (SSSR count). The van der Waals surface area contributed by atoms with Gasteiger partial charge in [0.2, 0.25) is 0 Å². The van der Waals surface area contributed by atoms with E-state index in [2.05, 4.69) is 6.07 Å². The summed E-state index contributed by atoms with van der Waals surface area (Å²) in [6, 6.07) is 20.1. The highest BCUT2D eigenvalue weighted by Gasteiger charge is 2.39. The molecule has 4 heteroatoms. The van der Waals surface area contributed by atoms with E-state index in [4.69, 9.17) is 21.5 Å². The summed E-state index contributed by atoms with van der Waals surface area (Å²) in [5.41, 5.74) is 8.92. The van der Waals surface area contributed by atoms with Gasteiger partial charge in [-0.2, -0.15) is 15.8 Å². The molecule has 1 saturated carbocycles. The van der Waals surface area contributed by atoms with Gasteiger partial charge in [0.1, 0.15) is 0 Å². The molecule has 4 nitrogen and oxygen atoms in total. The molecule has 0 bridgehead atoms. The molecule has 0 amide bonds. The van der Waals surface area contributed by atoms with Crippen LogP contribution in [0.2, 0.25) is 0 Å². The Bertz CT molecular complexity index is 731. The van der Waals surface area contributed by atoms with Gasteiger partial charge in [-0.25, -0.2) is 0 Å². The first-order valence-electron chi connectivity index (χ1n) is 6.81. The first kappa shape index (κ1) is 15.3. The van der Waals surface area contributed by atoms with Gasteiger partial charge < -0.3 is 5.73 Å². The number of hydrogen-bond acceptors (Lipinski definition) is 4. The molecule has 0 unspecified atom stereocenters. The Morgan fingerprint density at radius 3 is 1.27 bits per heavy atom. The summed E-state index contributed by atoms with van der Waals surface area (Å²) >= 11 is 0. The SMILES string of the molecule is N#Cc1ccc(C#N)cc1.N#Cc1ccc(C2(N)CC2)cc1. The van der Waals surface area contributed by atoms with Crippen LogP contribution in [0.4, 0.5) is 0 Å². The lowest BCUT2D eigenvalue weighted by atomic mass is 10.0. The second-order valence-electron chi connectivity index (χ2n) is 5.15. The number of rotatable bonds is 1. The van der Waals surface area contributed by atoms with Crippen molar-refractivity contribution in [3.05, 3.63) is 70.8 Å². The van der Waals surface area contributed by atoms with Gasteiger partial charge in [-0.05, 0) is 54.8 Å². The summed E-state index contributed by atoms with van der Waals surface area (Å²) < 4.78 is 0. The Morgan fingerprint density at radius 1 is 0.682 bits per heavy atom. The zero-order valence-electron chi connectivity index (χ0n) is 12.0. The zero-order valence-corrected chi connectivity index (χ0v) is 12.0. The molecular formula is C18H14N4. The molecule has 1 aliphatic rings. The van der Waals surface area contributed by atoms with Crippen LogP contribution in [-0.2, 0) is 5.54 Å². The molecule has 0 spiro atoms. The van der Waals surface area contributed by atoms with Gasteiger partial charge in [-0.15, -0.1) is 0 Å². The van der Waals surface area contributed by atoms with Crippen LogP contribution in [0.15, 0.2) is 48.5 Å². The summed E-state index contributed by atoms with van der Waals surface area (Å²) in [6.45, 7) is 0. The first-order chi connectivity index (χ1) is 10.6. The lowest BCUT2D eigenvalue weighted by Gasteiger charge is -2.07. The maximum Gasteiger partial charge on any atom is 0.0991 e. The molecule has 2 N–H and O–H groups in total. The van der Waals surface area contributed by atoms with Crippen LogP contribution < -0.4 is 5.73 Å². The first-order valence-corrected chi connectivity index (χ1v) is 6.81. The maximum absolute atomic E-state index is 8.57. The minimum Gasteiger partial charge on any atom is -0.321 e. The maximum atomic E-state index is 8.57. The molecule has 0 aromatic heterocycles. The highest BCUT2D eigenvalue weighted by molar-refractivity contribution is 5.37. The van der Waals surface area contributed by atoms with E-state index in [1.165, 1.54) is 0 Å². The highest BCUT2D eigenvalue weighted by Crippen LogP contribution is 2.42. The number of nitrogens with two attached hydrogens (primary N) is 1. The van der Waals surface area contributed by atoms with E-state index in [1.807, 2.05) is 36.4 Å². The van der Waals surface area contributed by atoms with Crippen molar-refractivity contribution in [2.45, 2.75) is 18.4 Å². The Morgan fingerprint density at radius 2 is 1.00 bits per heavy atom. The normalized spacial score (nSPS) is 13.5. The van der Waals surface area contributed by atoms with Crippen LogP contribution in [0.3, 0.4) is 0 Å². The average molecular weight is 286 g/mol. The fraction of sp³-hybridized carbons (Fsp3) is 0.167. The van der Waals surface area contributed by atoms with Gasteiger partial charge in [0.05, 0.1) is 34.9 Å². The Balaban J connectivity index is 0.000000164. The van der Waals surface area contributed by atoms with Crippen LogP contribution in [0.1, 0.15) is 35.1 Å². The van der Waals surface area contributed by atoms with Crippen molar-refractivity contribution in [1.82, 2.24) is 0 Å². The van der Waals surface area contributed by atoms with Gasteiger partial charge in [-0.1, -0.05) is 12.1 Å². The summed E-state index contributed by atoms with van der Waals surface area (Å²) in [5.74, 6) is 0. The zero-order chi connectivity index (χ0) is 16.0. The topological polar surface area (TPSA) is 97.4 Å². The second-order valence-corrected chi connectivity index (χ2v) is 5.15. The molecule has 22 heavy (non-hydrogen) atoms. The Kier molecular flexibility index (Phi) is 4.54. The lowest BCUT2D eigenvalue weighted by molar-refractivity contribution is 0.740. The molecule has 2 aromatic carbocycles. The average Bonchev–Trinajstić information content (AvgIpc) is 3.34. The summed E-state index contributed by atoms with van der Waals surface area (Å²) in [6.07, 6.45) is 2.14. The van der Waals surface area contributed by atoms with E-state index in [1.54, 1.807) is 24.3 Å². The Hall–Kier alpha value is -3.13. The van der Waals surface area contributed by atoms with Gasteiger partial charge >= 0.3 is 0 Å². The Labute approximate surface area is 129 Å². The van der Waals surface area contributed by atoms with Gasteiger partial charge in [0.25, 0.3) is 0 Å². The molecule has 0 heterocycles. The molecule has 0 radical (unpaired) electrons. The van der Waals surface area contributed by atoms with E-state index >= 15 is 0 Å². The van der Waals surface area contributed by atoms with Crippen molar-refractivity contribution in [2.75, 3.05) is 0 Å². The van der Waals surface area contributed by atoms with Crippen molar-refractivity contribution in [1.29, 1.82) is 15.8 Å². The molecule has 0 aliphatic heterocycles. The van der Waals surface area contributed by atoms with E-state index < -0.39 is 0 Å². The predicted octanol–water partition coefficient (Wildman–Crippen LogP) is 2.94. The highest BCUT2D eigenvalue weighted by atomic mass is 14.8. The van der Waals surface area contributed by atoms with E-state index in [9.17, 15) is 0 Å². The smallest absolute Gasteiger partial charge is 0.0991 e. The van der Waals surface area contributed by atoms with Gasteiger partial charge in [0.15, 0.2) is 0 Å². The molecule has 106 valence electrons. The van der Waals surface area contributed by atoms with Crippen LogP contribution in [0.25, 0.3) is 0 Å². The quantitative estimate of drug-likeness (QED) is 0.871. The lowest BCUT2D eigenvalue weighted by Crippen LogP contribution is -2.18. The number of benzene rings is 2. The molecule has 1 aliphatic carbocycles. The largest absolute Gasteiger partial charge is 0.321 e. The van der Waals surface area contributed by atoms with Crippen molar-refractivity contribution < 1.29 is 0 Å². The third kappa shape index (κ3) is 3.70. The molecule has 1 fully saturated rings. The molecule has 2 aromatic rings. The minimum absolute atomic E-state index is 0.0754. The standard InChI is InChI=1S/C10H10N2.C8H4N2/c11-7-8-1-3-9(4-2-8)10(12)5-6-10;9-5-7-1-2-8(6-10)4-3-7/h1-4H,5-6,12H2;1-4H. The number of hydrogen-bond donors (Lipinski definition) is 1. The monoisotopic (exact) mass is 286 g/mol. The number of nitriles is 3. The molecule has 0 saturated heterocycles. The van der Waals surface area contributed by atoms with Crippen molar-refractivity contribution in [3.63, 3.8) is 0 Å². The van der Waals surface area contributed by atoms with E-state index in [-0.39, 0.29) is 5.54 Å². The number of nitrogens with zero attached hydrogens (tertiary/aromatic N) is 3. The molecular weight excluding hydrogens is 272 g/mol. The van der Waals surface area contributed by atoms with Gasteiger partial charge in [0, 0.05) is 5.54 Å². The third-order valence-electron chi connectivity index (χ3n) is 3.52. The van der Waals surface area contributed by atoms with E-state index in [0.29, 0.717) is 16.7 Å². The fourth-order valence-corrected chi connectivity index (χ4v) is 1.92. The predicted molar refractivity (Wildman–Crippen MR) is 82.1 cm³/mol. The van der Waals surface area contributed by atoms with Crippen LogP contribution in [0, 0.1) is 34.0 Å². The van der Waals surface area contributed by atoms with Crippen molar-refractivity contribution in [2.24, 2.45) is 5.73 Å². The van der Waals surface area contributed by atoms with Crippen LogP contribution >= 0.6 is 0 Å². The minimum atomic E-state index is -0.0754. The molecule has 0 atom stereocenters. The van der Waals surface area contributed by atoms with Crippen LogP contribution in [0.5, 0.6) is 0 Å². The van der Waals surface area contributed by atoms with Crippen LogP contribution in [-0.4, -0.2) is 0 Å². The fourth-order valence-electron chi connectivity index (χ4n) is 1.92. The summed E-state index contributed by atoms with van der Waals surface area (Å²) in [5, 5.41) is 25.3.